The highest BCUT2D eigenvalue weighted by molar-refractivity contribution is 6.39. The summed E-state index contributed by atoms with van der Waals surface area (Å²) in [4.78, 5) is 41.3. The van der Waals surface area contributed by atoms with Crippen molar-refractivity contribution in [2.45, 2.75) is 20.8 Å². The number of barbiturate groups is 1. The van der Waals surface area contributed by atoms with E-state index in [1.165, 1.54) is 0 Å². The van der Waals surface area contributed by atoms with Crippen LogP contribution in [0.25, 0.3) is 6.08 Å². The Morgan fingerprint density at radius 2 is 1.55 bits per heavy atom. The van der Waals surface area contributed by atoms with Gasteiger partial charge in [-0.05, 0) is 73.4 Å². The molecule has 0 spiro atoms. The molecule has 2 saturated heterocycles. The Kier molecular flexibility index (Phi) is 5.61. The molecule has 0 unspecified atom stereocenters. The fourth-order valence-corrected chi connectivity index (χ4v) is 3.75. The van der Waals surface area contributed by atoms with Gasteiger partial charge in [-0.2, -0.15) is 0 Å². The number of anilines is 2. The van der Waals surface area contributed by atoms with Crippen LogP contribution in [-0.2, 0) is 14.3 Å². The highest BCUT2D eigenvalue weighted by Gasteiger charge is 2.37. The minimum Gasteiger partial charge on any atom is -0.378 e. The molecular formula is C24H25N3O4. The second-order valence-electron chi connectivity index (χ2n) is 7.87. The number of aryl methyl sites for hydroxylation is 3. The van der Waals surface area contributed by atoms with Gasteiger partial charge in [-0.25, -0.2) is 9.69 Å². The van der Waals surface area contributed by atoms with Gasteiger partial charge in [-0.3, -0.25) is 14.9 Å². The summed E-state index contributed by atoms with van der Waals surface area (Å²) in [6.07, 6.45) is 1.55. The summed E-state index contributed by atoms with van der Waals surface area (Å²) >= 11 is 0. The third kappa shape index (κ3) is 4.09. The van der Waals surface area contributed by atoms with Gasteiger partial charge in [-0.1, -0.05) is 12.1 Å². The van der Waals surface area contributed by atoms with Gasteiger partial charge in [0.1, 0.15) is 5.57 Å². The number of hydrogen-bond acceptors (Lipinski definition) is 5. The summed E-state index contributed by atoms with van der Waals surface area (Å²) in [6, 6.07) is 10.5. The van der Waals surface area contributed by atoms with E-state index < -0.39 is 17.8 Å². The zero-order chi connectivity index (χ0) is 22.1. The molecule has 1 N–H and O–H groups in total. The Bertz CT molecular complexity index is 1100. The Hall–Kier alpha value is -3.45. The SMILES string of the molecule is Cc1ccc(N2C(=O)NC(=O)/C(=C\c3ccc(N4CCOCC4)cc3C)C2=O)cc1C. The van der Waals surface area contributed by atoms with Crippen LogP contribution in [-0.4, -0.2) is 44.1 Å². The van der Waals surface area contributed by atoms with E-state index in [4.69, 9.17) is 4.74 Å². The van der Waals surface area contributed by atoms with Crippen LogP contribution in [0.3, 0.4) is 0 Å². The third-order valence-electron chi connectivity index (χ3n) is 5.78. The number of hydrogen-bond donors (Lipinski definition) is 1. The molecule has 2 aliphatic heterocycles. The maximum absolute atomic E-state index is 13.1. The van der Waals surface area contributed by atoms with Crippen LogP contribution in [0.2, 0.25) is 0 Å². The van der Waals surface area contributed by atoms with Crippen molar-refractivity contribution in [3.05, 3.63) is 64.2 Å². The van der Waals surface area contributed by atoms with E-state index >= 15 is 0 Å². The number of nitrogens with one attached hydrogen (secondary N) is 1. The van der Waals surface area contributed by atoms with Crippen molar-refractivity contribution in [2.24, 2.45) is 0 Å². The lowest BCUT2D eigenvalue weighted by Gasteiger charge is -2.29. The van der Waals surface area contributed by atoms with Gasteiger partial charge >= 0.3 is 6.03 Å². The van der Waals surface area contributed by atoms with E-state index in [0.29, 0.717) is 18.9 Å². The average molecular weight is 419 g/mol. The fourth-order valence-electron chi connectivity index (χ4n) is 3.75. The lowest BCUT2D eigenvalue weighted by Crippen LogP contribution is -2.54. The molecule has 0 radical (unpaired) electrons. The number of morpholine rings is 1. The number of nitrogens with zero attached hydrogens (tertiary/aromatic N) is 2. The Morgan fingerprint density at radius 1 is 0.871 bits per heavy atom. The van der Waals surface area contributed by atoms with Gasteiger partial charge in [0.15, 0.2) is 0 Å². The van der Waals surface area contributed by atoms with Gasteiger partial charge in [-0.15, -0.1) is 0 Å². The molecule has 0 aliphatic carbocycles. The average Bonchev–Trinajstić information content (AvgIpc) is 2.75. The largest absolute Gasteiger partial charge is 0.378 e. The first-order valence-corrected chi connectivity index (χ1v) is 10.3. The van der Waals surface area contributed by atoms with Crippen molar-refractivity contribution in [3.63, 3.8) is 0 Å². The predicted molar refractivity (Wildman–Crippen MR) is 119 cm³/mol. The summed E-state index contributed by atoms with van der Waals surface area (Å²) in [5.74, 6) is -1.32. The molecule has 7 heteroatoms. The molecule has 4 rings (SSSR count). The van der Waals surface area contributed by atoms with E-state index in [1.54, 1.807) is 18.2 Å². The predicted octanol–water partition coefficient (Wildman–Crippen LogP) is 3.11. The first-order valence-electron chi connectivity index (χ1n) is 10.3. The molecule has 2 aromatic rings. The quantitative estimate of drug-likeness (QED) is 0.611. The van der Waals surface area contributed by atoms with Crippen LogP contribution in [0.4, 0.5) is 16.2 Å². The summed E-state index contributed by atoms with van der Waals surface area (Å²) in [5.41, 5.74) is 5.14. The van der Waals surface area contributed by atoms with Crippen LogP contribution < -0.4 is 15.1 Å². The molecule has 2 aromatic carbocycles. The highest BCUT2D eigenvalue weighted by atomic mass is 16.5. The molecule has 2 fully saturated rings. The van der Waals surface area contributed by atoms with Gasteiger partial charge in [0.25, 0.3) is 11.8 Å². The van der Waals surface area contributed by atoms with Crippen molar-refractivity contribution in [1.29, 1.82) is 0 Å². The van der Waals surface area contributed by atoms with Gasteiger partial charge < -0.3 is 9.64 Å². The minimum absolute atomic E-state index is 0.0694. The van der Waals surface area contributed by atoms with Crippen LogP contribution in [0, 0.1) is 20.8 Å². The highest BCUT2D eigenvalue weighted by Crippen LogP contribution is 2.26. The summed E-state index contributed by atoms with van der Waals surface area (Å²) in [6.45, 7) is 8.85. The summed E-state index contributed by atoms with van der Waals surface area (Å²) in [5, 5.41) is 2.28. The second-order valence-corrected chi connectivity index (χ2v) is 7.87. The van der Waals surface area contributed by atoms with E-state index in [9.17, 15) is 14.4 Å². The zero-order valence-corrected chi connectivity index (χ0v) is 17.9. The lowest BCUT2D eigenvalue weighted by atomic mass is 10.0. The van der Waals surface area contributed by atoms with Gasteiger partial charge in [0, 0.05) is 18.8 Å². The first-order chi connectivity index (χ1) is 14.8. The Balaban J connectivity index is 1.66. The van der Waals surface area contributed by atoms with Crippen LogP contribution in [0.15, 0.2) is 42.0 Å². The van der Waals surface area contributed by atoms with Gasteiger partial charge in [0.2, 0.25) is 0 Å². The molecule has 31 heavy (non-hydrogen) atoms. The normalized spacial score (nSPS) is 18.5. The molecular weight excluding hydrogens is 394 g/mol. The van der Waals surface area contributed by atoms with E-state index in [1.807, 2.05) is 45.0 Å². The van der Waals surface area contributed by atoms with Crippen molar-refractivity contribution < 1.29 is 19.1 Å². The number of carbonyl (C=O) groups is 3. The van der Waals surface area contributed by atoms with Crippen molar-refractivity contribution >= 4 is 35.3 Å². The summed E-state index contributed by atoms with van der Waals surface area (Å²) < 4.78 is 5.40. The monoisotopic (exact) mass is 419 g/mol. The Morgan fingerprint density at radius 3 is 2.23 bits per heavy atom. The van der Waals surface area contributed by atoms with Crippen LogP contribution >= 0.6 is 0 Å². The molecule has 2 aliphatic rings. The molecule has 160 valence electrons. The summed E-state index contributed by atoms with van der Waals surface area (Å²) in [7, 11) is 0. The molecule has 0 saturated carbocycles. The number of ether oxygens (including phenoxy) is 1. The zero-order valence-electron chi connectivity index (χ0n) is 17.9. The maximum atomic E-state index is 13.1. The fraction of sp³-hybridized carbons (Fsp3) is 0.292. The van der Waals surface area contributed by atoms with Crippen molar-refractivity contribution in [2.75, 3.05) is 36.1 Å². The molecule has 7 nitrogen and oxygen atoms in total. The molecule has 2 heterocycles. The number of benzene rings is 2. The molecule has 0 aromatic heterocycles. The van der Waals surface area contributed by atoms with Crippen molar-refractivity contribution in [3.8, 4) is 0 Å². The minimum atomic E-state index is -0.741. The number of carbonyl (C=O) groups excluding carboxylic acids is 3. The number of amides is 4. The molecule has 0 bridgehead atoms. The van der Waals surface area contributed by atoms with Crippen molar-refractivity contribution in [1.82, 2.24) is 5.32 Å². The van der Waals surface area contributed by atoms with Crippen LogP contribution in [0.5, 0.6) is 0 Å². The van der Waals surface area contributed by atoms with E-state index in [-0.39, 0.29) is 5.57 Å². The van der Waals surface area contributed by atoms with E-state index in [0.717, 1.165) is 45.9 Å². The first kappa shape index (κ1) is 20.8. The molecule has 4 amide bonds. The lowest BCUT2D eigenvalue weighted by molar-refractivity contribution is -0.122. The number of imide groups is 2. The smallest absolute Gasteiger partial charge is 0.335 e. The van der Waals surface area contributed by atoms with Crippen LogP contribution in [0.1, 0.15) is 22.3 Å². The second kappa shape index (κ2) is 8.35. The topological polar surface area (TPSA) is 79.0 Å². The molecule has 0 atom stereocenters. The van der Waals surface area contributed by atoms with E-state index in [2.05, 4.69) is 10.2 Å². The maximum Gasteiger partial charge on any atom is 0.335 e. The number of urea groups is 1. The Labute approximate surface area is 181 Å². The van der Waals surface area contributed by atoms with Gasteiger partial charge in [0.05, 0.1) is 18.9 Å². The standard InChI is InChI=1S/C24H25N3O4/c1-15-4-6-20(12-16(15)2)27-23(29)21(22(28)25-24(27)30)14-18-5-7-19(13-17(18)3)26-8-10-31-11-9-26/h4-7,12-14H,8-11H2,1-3H3,(H,25,28,30)/b21-14+. The number of rotatable bonds is 3. The third-order valence-corrected chi connectivity index (χ3v) is 5.78.